The minimum atomic E-state index is -0.0637. The van der Waals surface area contributed by atoms with Crippen molar-refractivity contribution in [3.05, 3.63) is 46.6 Å². The molecule has 1 saturated heterocycles. The summed E-state index contributed by atoms with van der Waals surface area (Å²) in [4.78, 5) is 14.4. The Hall–Kier alpha value is -2.27. The average Bonchev–Trinajstić information content (AvgIpc) is 2.54. The Morgan fingerprint density at radius 2 is 2.14 bits per heavy atom. The van der Waals surface area contributed by atoms with Gasteiger partial charge in [-0.05, 0) is 18.6 Å². The van der Waals surface area contributed by atoms with E-state index in [4.69, 9.17) is 13.9 Å². The molecule has 1 aromatic heterocycles. The predicted molar refractivity (Wildman–Crippen MR) is 85.9 cm³/mol. The summed E-state index contributed by atoms with van der Waals surface area (Å²) in [7, 11) is 0. The van der Waals surface area contributed by atoms with Gasteiger partial charge in [-0.1, -0.05) is 18.7 Å². The maximum Gasteiger partial charge on any atom is 0.200 e. The first kappa shape index (κ1) is 14.7. The second kappa shape index (κ2) is 6.23. The molecule has 5 nitrogen and oxygen atoms in total. The third-order valence-corrected chi connectivity index (χ3v) is 3.70. The Balaban J connectivity index is 2.13. The van der Waals surface area contributed by atoms with E-state index in [1.54, 1.807) is 18.2 Å². The maximum absolute atomic E-state index is 12.4. The number of hydrogen-bond acceptors (Lipinski definition) is 5. The highest BCUT2D eigenvalue weighted by Crippen LogP contribution is 2.31. The number of nitrogens with zero attached hydrogens (tertiary/aromatic N) is 1. The molecule has 116 valence electrons. The van der Waals surface area contributed by atoms with Crippen molar-refractivity contribution in [3.8, 4) is 5.75 Å². The van der Waals surface area contributed by atoms with Crippen LogP contribution in [0.2, 0.25) is 0 Å². The largest absolute Gasteiger partial charge is 0.485 e. The lowest BCUT2D eigenvalue weighted by molar-refractivity contribution is 0.120. The summed E-state index contributed by atoms with van der Waals surface area (Å²) in [6.07, 6.45) is 1.67. The van der Waals surface area contributed by atoms with Crippen LogP contribution in [0.1, 0.15) is 5.56 Å². The standard InChI is InChI=1S/C17H19NO4/c1-3-8-21-16-12(2)4-5-13-14(19)11-15(22-17(13)16)18-6-9-20-10-7-18/h3-5,11H,1,6-10H2,2H3. The molecule has 0 bridgehead atoms. The zero-order valence-electron chi connectivity index (χ0n) is 12.6. The van der Waals surface area contributed by atoms with Crippen molar-refractivity contribution in [1.29, 1.82) is 0 Å². The fraction of sp³-hybridized carbons (Fsp3) is 0.353. The van der Waals surface area contributed by atoms with Gasteiger partial charge in [-0.3, -0.25) is 4.79 Å². The fourth-order valence-corrected chi connectivity index (χ4v) is 2.54. The van der Waals surface area contributed by atoms with E-state index in [2.05, 4.69) is 6.58 Å². The molecule has 2 heterocycles. The number of hydrogen-bond donors (Lipinski definition) is 0. The van der Waals surface area contributed by atoms with Crippen molar-refractivity contribution in [2.75, 3.05) is 37.8 Å². The molecule has 0 aliphatic carbocycles. The molecule has 0 atom stereocenters. The van der Waals surface area contributed by atoms with Crippen LogP contribution in [0.25, 0.3) is 11.0 Å². The van der Waals surface area contributed by atoms with Crippen LogP contribution in [0.4, 0.5) is 5.88 Å². The lowest BCUT2D eigenvalue weighted by Gasteiger charge is -2.27. The van der Waals surface area contributed by atoms with Gasteiger partial charge in [-0.25, -0.2) is 0 Å². The number of rotatable bonds is 4. The van der Waals surface area contributed by atoms with Gasteiger partial charge in [0.15, 0.2) is 22.6 Å². The van der Waals surface area contributed by atoms with Crippen molar-refractivity contribution < 1.29 is 13.9 Å². The number of aryl methyl sites for hydroxylation is 1. The zero-order chi connectivity index (χ0) is 15.5. The monoisotopic (exact) mass is 301 g/mol. The van der Waals surface area contributed by atoms with Crippen LogP contribution in [-0.4, -0.2) is 32.9 Å². The van der Waals surface area contributed by atoms with Crippen LogP contribution in [0, 0.1) is 6.92 Å². The first-order chi connectivity index (χ1) is 10.7. The summed E-state index contributed by atoms with van der Waals surface area (Å²) in [5, 5.41) is 0.529. The van der Waals surface area contributed by atoms with Gasteiger partial charge >= 0.3 is 0 Å². The van der Waals surface area contributed by atoms with E-state index in [0.717, 1.165) is 5.56 Å². The number of fused-ring (bicyclic) bond motifs is 1. The van der Waals surface area contributed by atoms with Gasteiger partial charge in [0, 0.05) is 19.2 Å². The molecule has 3 rings (SSSR count). The molecule has 22 heavy (non-hydrogen) atoms. The summed E-state index contributed by atoms with van der Waals surface area (Å²) in [5.74, 6) is 1.17. The Morgan fingerprint density at radius 3 is 2.86 bits per heavy atom. The second-order valence-electron chi connectivity index (χ2n) is 5.24. The van der Waals surface area contributed by atoms with Crippen LogP contribution in [-0.2, 0) is 4.74 Å². The van der Waals surface area contributed by atoms with Crippen molar-refractivity contribution in [3.63, 3.8) is 0 Å². The molecular weight excluding hydrogens is 282 g/mol. The Morgan fingerprint density at radius 1 is 1.36 bits per heavy atom. The van der Waals surface area contributed by atoms with Crippen LogP contribution in [0.15, 0.2) is 40.1 Å². The highest BCUT2D eigenvalue weighted by molar-refractivity contribution is 5.84. The quantitative estimate of drug-likeness (QED) is 0.812. The van der Waals surface area contributed by atoms with E-state index >= 15 is 0 Å². The number of benzene rings is 1. The average molecular weight is 301 g/mol. The Labute approximate surface area is 128 Å². The summed E-state index contributed by atoms with van der Waals surface area (Å²) in [6.45, 7) is 8.64. The zero-order valence-corrected chi connectivity index (χ0v) is 12.6. The summed E-state index contributed by atoms with van der Waals surface area (Å²) in [5.41, 5.74) is 1.36. The third-order valence-electron chi connectivity index (χ3n) is 3.70. The van der Waals surface area contributed by atoms with E-state index in [1.807, 2.05) is 17.9 Å². The van der Waals surface area contributed by atoms with Gasteiger partial charge in [0.2, 0.25) is 0 Å². The highest BCUT2D eigenvalue weighted by Gasteiger charge is 2.18. The van der Waals surface area contributed by atoms with Gasteiger partial charge < -0.3 is 18.8 Å². The van der Waals surface area contributed by atoms with Crippen LogP contribution >= 0.6 is 0 Å². The molecule has 0 saturated carbocycles. The highest BCUT2D eigenvalue weighted by atomic mass is 16.5. The molecule has 5 heteroatoms. The van der Waals surface area contributed by atoms with Gasteiger partial charge in [-0.15, -0.1) is 0 Å². The van der Waals surface area contributed by atoms with Gasteiger partial charge in [0.1, 0.15) is 6.61 Å². The van der Waals surface area contributed by atoms with E-state index in [-0.39, 0.29) is 5.43 Å². The lowest BCUT2D eigenvalue weighted by Crippen LogP contribution is -2.36. The Bertz CT molecular complexity index is 744. The van der Waals surface area contributed by atoms with Crippen molar-refractivity contribution in [2.45, 2.75) is 6.92 Å². The SMILES string of the molecule is C=CCOc1c(C)ccc2c(=O)cc(N3CCOCC3)oc12. The van der Waals surface area contributed by atoms with Crippen molar-refractivity contribution in [1.82, 2.24) is 0 Å². The minimum Gasteiger partial charge on any atom is -0.485 e. The lowest BCUT2D eigenvalue weighted by atomic mass is 10.1. The molecule has 1 aliphatic rings. The molecule has 2 aromatic rings. The number of morpholine rings is 1. The summed E-state index contributed by atoms with van der Waals surface area (Å²) < 4.78 is 17.0. The van der Waals surface area contributed by atoms with Crippen molar-refractivity contribution >= 4 is 16.9 Å². The fourth-order valence-electron chi connectivity index (χ4n) is 2.54. The topological polar surface area (TPSA) is 51.9 Å². The number of anilines is 1. The van der Waals surface area contributed by atoms with Crippen molar-refractivity contribution in [2.24, 2.45) is 0 Å². The molecule has 0 N–H and O–H groups in total. The molecule has 0 radical (unpaired) electrons. The normalized spacial score (nSPS) is 15.0. The molecule has 1 aliphatic heterocycles. The van der Waals surface area contributed by atoms with E-state index in [1.165, 1.54) is 0 Å². The molecule has 1 fully saturated rings. The molecule has 0 spiro atoms. The van der Waals surface area contributed by atoms with Crippen LogP contribution in [0.5, 0.6) is 5.75 Å². The van der Waals surface area contributed by atoms with Gasteiger partial charge in [0.05, 0.1) is 18.6 Å². The van der Waals surface area contributed by atoms with Gasteiger partial charge in [0.25, 0.3) is 0 Å². The Kier molecular flexibility index (Phi) is 4.15. The third kappa shape index (κ3) is 2.72. The van der Waals surface area contributed by atoms with E-state index in [0.29, 0.717) is 55.5 Å². The van der Waals surface area contributed by atoms with Gasteiger partial charge in [-0.2, -0.15) is 0 Å². The van der Waals surface area contributed by atoms with Crippen LogP contribution in [0.3, 0.4) is 0 Å². The molecule has 0 unspecified atom stereocenters. The molecular formula is C17H19NO4. The first-order valence-corrected chi connectivity index (χ1v) is 7.34. The summed E-state index contributed by atoms with van der Waals surface area (Å²) in [6, 6.07) is 5.19. The minimum absolute atomic E-state index is 0.0637. The van der Waals surface area contributed by atoms with Crippen LogP contribution < -0.4 is 15.1 Å². The smallest absolute Gasteiger partial charge is 0.200 e. The molecule has 1 aromatic carbocycles. The predicted octanol–water partition coefficient (Wildman–Crippen LogP) is 2.50. The van der Waals surface area contributed by atoms with E-state index in [9.17, 15) is 4.79 Å². The van der Waals surface area contributed by atoms with E-state index < -0.39 is 0 Å². The molecule has 0 amide bonds. The first-order valence-electron chi connectivity index (χ1n) is 7.34. The summed E-state index contributed by atoms with van der Waals surface area (Å²) >= 11 is 0. The maximum atomic E-state index is 12.4. The number of ether oxygens (including phenoxy) is 2. The second-order valence-corrected chi connectivity index (χ2v) is 5.24.